The maximum absolute atomic E-state index is 12.5. The summed E-state index contributed by atoms with van der Waals surface area (Å²) in [6, 6.07) is 11.4. The van der Waals surface area contributed by atoms with E-state index >= 15 is 0 Å². The summed E-state index contributed by atoms with van der Waals surface area (Å²) >= 11 is 4.59. The van der Waals surface area contributed by atoms with Crippen LogP contribution in [0.5, 0.6) is 5.75 Å². The molecule has 0 radical (unpaired) electrons. The highest BCUT2D eigenvalue weighted by Gasteiger charge is 2.23. The fraction of sp³-hybridized carbons (Fsp3) is 0.286. The summed E-state index contributed by atoms with van der Waals surface area (Å²) in [6.07, 6.45) is 6.81. The van der Waals surface area contributed by atoms with Crippen LogP contribution < -0.4 is 4.74 Å². The van der Waals surface area contributed by atoms with Crippen LogP contribution in [0.2, 0.25) is 0 Å². The lowest BCUT2D eigenvalue weighted by Gasteiger charge is -2.33. The van der Waals surface area contributed by atoms with Crippen molar-refractivity contribution in [1.82, 2.24) is 24.8 Å². The van der Waals surface area contributed by atoms with E-state index in [-0.39, 0.29) is 11.3 Å². The van der Waals surface area contributed by atoms with E-state index in [4.69, 9.17) is 4.74 Å². The first-order valence-corrected chi connectivity index (χ1v) is 10.1. The van der Waals surface area contributed by atoms with Crippen molar-refractivity contribution in [2.75, 3.05) is 26.2 Å². The average Bonchev–Trinajstić information content (AvgIpc) is 3.30. The van der Waals surface area contributed by atoms with Gasteiger partial charge in [0.15, 0.2) is 0 Å². The molecule has 8 heteroatoms. The lowest BCUT2D eigenvalue weighted by molar-refractivity contribution is 0.108. The van der Waals surface area contributed by atoms with Crippen molar-refractivity contribution in [2.24, 2.45) is 0 Å². The molecule has 1 N–H and O–H groups in total. The standard InChI is InChI=1S/C21H23N5O2S/c27-21(26-12-10-25(11-13-26)15-16-2-1-7-22-14-16)28-18-5-3-17(4-6-18)19(29)20-23-8-9-24-20/h1-9,14,19,29H,10-13,15H2,(H,23,24). The van der Waals surface area contributed by atoms with E-state index in [9.17, 15) is 4.79 Å². The zero-order valence-electron chi connectivity index (χ0n) is 15.9. The summed E-state index contributed by atoms with van der Waals surface area (Å²) in [4.78, 5) is 28.0. The van der Waals surface area contributed by atoms with Crippen molar-refractivity contribution in [1.29, 1.82) is 0 Å². The fourth-order valence-electron chi connectivity index (χ4n) is 3.31. The van der Waals surface area contributed by atoms with Gasteiger partial charge in [0.2, 0.25) is 0 Å². The largest absolute Gasteiger partial charge is 0.415 e. The van der Waals surface area contributed by atoms with E-state index in [0.29, 0.717) is 18.8 Å². The molecule has 1 amide bonds. The van der Waals surface area contributed by atoms with Crippen LogP contribution in [0.1, 0.15) is 22.2 Å². The van der Waals surface area contributed by atoms with E-state index in [1.165, 1.54) is 5.56 Å². The van der Waals surface area contributed by atoms with Crippen molar-refractivity contribution in [2.45, 2.75) is 11.8 Å². The number of carbonyl (C=O) groups is 1. The van der Waals surface area contributed by atoms with Gasteiger partial charge in [0.05, 0.1) is 5.25 Å². The Labute approximate surface area is 175 Å². The number of piperazine rings is 1. The molecule has 1 fully saturated rings. The first kappa shape index (κ1) is 19.5. The molecule has 1 unspecified atom stereocenters. The molecule has 0 bridgehead atoms. The van der Waals surface area contributed by atoms with E-state index < -0.39 is 0 Å². The minimum atomic E-state index is -0.313. The molecule has 0 saturated carbocycles. The number of benzene rings is 1. The van der Waals surface area contributed by atoms with Gasteiger partial charge in [0.1, 0.15) is 11.6 Å². The maximum atomic E-state index is 12.5. The molecule has 0 spiro atoms. The molecule has 29 heavy (non-hydrogen) atoms. The Morgan fingerprint density at radius 3 is 2.59 bits per heavy atom. The predicted molar refractivity (Wildman–Crippen MR) is 113 cm³/mol. The van der Waals surface area contributed by atoms with Crippen LogP contribution in [0.3, 0.4) is 0 Å². The molecule has 7 nitrogen and oxygen atoms in total. The second-order valence-electron chi connectivity index (χ2n) is 6.94. The highest BCUT2D eigenvalue weighted by Crippen LogP contribution is 2.27. The first-order valence-electron chi connectivity index (χ1n) is 9.54. The number of nitrogens with zero attached hydrogens (tertiary/aromatic N) is 4. The summed E-state index contributed by atoms with van der Waals surface area (Å²) in [6.45, 7) is 3.77. The number of nitrogens with one attached hydrogen (secondary N) is 1. The highest BCUT2D eigenvalue weighted by molar-refractivity contribution is 7.80. The van der Waals surface area contributed by atoms with Gasteiger partial charge in [-0.2, -0.15) is 12.6 Å². The maximum Gasteiger partial charge on any atom is 0.415 e. The third-order valence-corrected chi connectivity index (χ3v) is 5.48. The van der Waals surface area contributed by atoms with Gasteiger partial charge in [-0.25, -0.2) is 9.78 Å². The molecule has 1 aliphatic heterocycles. The smallest absolute Gasteiger partial charge is 0.410 e. The monoisotopic (exact) mass is 409 g/mol. The molecule has 2 aromatic heterocycles. The van der Waals surface area contributed by atoms with Gasteiger partial charge in [-0.05, 0) is 29.3 Å². The van der Waals surface area contributed by atoms with Crippen LogP contribution in [0, 0.1) is 0 Å². The number of thiol groups is 1. The number of pyridine rings is 1. The zero-order chi connectivity index (χ0) is 20.1. The van der Waals surface area contributed by atoms with Crippen LogP contribution in [0.25, 0.3) is 0 Å². The molecule has 1 aromatic carbocycles. The van der Waals surface area contributed by atoms with Crippen LogP contribution >= 0.6 is 12.6 Å². The Morgan fingerprint density at radius 1 is 1.14 bits per heavy atom. The zero-order valence-corrected chi connectivity index (χ0v) is 16.8. The van der Waals surface area contributed by atoms with Gasteiger partial charge in [-0.15, -0.1) is 0 Å². The van der Waals surface area contributed by atoms with Gasteiger partial charge in [0.25, 0.3) is 0 Å². The third-order valence-electron chi connectivity index (χ3n) is 4.94. The normalized spacial score (nSPS) is 15.8. The Balaban J connectivity index is 1.27. The quantitative estimate of drug-likeness (QED) is 0.634. The van der Waals surface area contributed by atoms with Gasteiger partial charge in [-0.1, -0.05) is 18.2 Å². The molecule has 0 aliphatic carbocycles. The molecule has 3 aromatic rings. The summed E-state index contributed by atoms with van der Waals surface area (Å²) in [5.74, 6) is 1.30. The Bertz CT molecular complexity index is 910. The number of hydrogen-bond acceptors (Lipinski definition) is 6. The molecule has 4 rings (SSSR count). The molecular formula is C21H23N5O2S. The molecule has 3 heterocycles. The number of carbonyl (C=O) groups excluding carboxylic acids is 1. The number of rotatable bonds is 5. The number of hydrogen-bond donors (Lipinski definition) is 2. The van der Waals surface area contributed by atoms with E-state index in [0.717, 1.165) is 31.0 Å². The van der Waals surface area contributed by atoms with Crippen LogP contribution in [0.15, 0.2) is 61.2 Å². The summed E-state index contributed by atoms with van der Waals surface area (Å²) in [5.41, 5.74) is 2.16. The van der Waals surface area contributed by atoms with Crippen LogP contribution in [0.4, 0.5) is 4.79 Å². The molecule has 150 valence electrons. The molecule has 1 aliphatic rings. The van der Waals surface area contributed by atoms with E-state index in [2.05, 4.69) is 38.5 Å². The minimum Gasteiger partial charge on any atom is -0.410 e. The van der Waals surface area contributed by atoms with Gasteiger partial charge in [-0.3, -0.25) is 9.88 Å². The number of imidazole rings is 1. The summed E-state index contributed by atoms with van der Waals surface area (Å²) in [5, 5.41) is -0.150. The number of H-pyrrole nitrogens is 1. The lowest BCUT2D eigenvalue weighted by atomic mass is 10.1. The molecule has 1 atom stereocenters. The highest BCUT2D eigenvalue weighted by atomic mass is 32.1. The predicted octanol–water partition coefficient (Wildman–Crippen LogP) is 3.14. The fourth-order valence-corrected chi connectivity index (χ4v) is 3.62. The second-order valence-corrected chi connectivity index (χ2v) is 7.45. The Kier molecular flexibility index (Phi) is 6.12. The number of aromatic nitrogens is 3. The Hall–Kier alpha value is -2.84. The molecular weight excluding hydrogens is 386 g/mol. The SMILES string of the molecule is O=C(Oc1ccc(C(S)c2ncc[nH]2)cc1)N1CCN(Cc2cccnc2)CC1. The number of amides is 1. The minimum absolute atomic E-state index is 0.150. The van der Waals surface area contributed by atoms with Crippen molar-refractivity contribution in [3.8, 4) is 5.75 Å². The summed E-state index contributed by atoms with van der Waals surface area (Å²) in [7, 11) is 0. The van der Waals surface area contributed by atoms with E-state index in [1.807, 2.05) is 24.4 Å². The van der Waals surface area contributed by atoms with Gasteiger partial charge < -0.3 is 14.6 Å². The van der Waals surface area contributed by atoms with Crippen molar-refractivity contribution in [3.63, 3.8) is 0 Å². The van der Waals surface area contributed by atoms with Crippen molar-refractivity contribution in [3.05, 3.63) is 78.1 Å². The van der Waals surface area contributed by atoms with Crippen LogP contribution in [-0.2, 0) is 6.54 Å². The van der Waals surface area contributed by atoms with E-state index in [1.54, 1.807) is 35.6 Å². The van der Waals surface area contributed by atoms with Gasteiger partial charge in [0, 0.05) is 57.5 Å². The Morgan fingerprint density at radius 2 is 1.93 bits per heavy atom. The summed E-state index contributed by atoms with van der Waals surface area (Å²) < 4.78 is 5.54. The van der Waals surface area contributed by atoms with Crippen molar-refractivity contribution >= 4 is 18.7 Å². The number of ether oxygens (including phenoxy) is 1. The lowest BCUT2D eigenvalue weighted by Crippen LogP contribution is -2.49. The average molecular weight is 410 g/mol. The topological polar surface area (TPSA) is 74.3 Å². The van der Waals surface area contributed by atoms with Crippen LogP contribution in [-0.4, -0.2) is 57.0 Å². The van der Waals surface area contributed by atoms with Crippen molar-refractivity contribution < 1.29 is 9.53 Å². The second kappa shape index (κ2) is 9.11. The third kappa shape index (κ3) is 4.96. The first-order chi connectivity index (χ1) is 14.2. The van der Waals surface area contributed by atoms with Gasteiger partial charge >= 0.3 is 6.09 Å². The molecule has 1 saturated heterocycles. The number of aromatic amines is 1.